The lowest BCUT2D eigenvalue weighted by atomic mass is 9.91. The molecule has 2 aliphatic carbocycles. The number of H-pyrrole nitrogens is 1. The number of sulfone groups is 1. The van der Waals surface area contributed by atoms with E-state index in [2.05, 4.69) is 35.3 Å². The van der Waals surface area contributed by atoms with Crippen molar-refractivity contribution in [1.29, 1.82) is 0 Å². The molecular weight excluding hydrogens is 838 g/mol. The molecule has 4 fully saturated rings. The van der Waals surface area contributed by atoms with E-state index in [1.165, 1.54) is 5.56 Å². The molecule has 2 saturated carbocycles. The van der Waals surface area contributed by atoms with Gasteiger partial charge in [0.05, 0.1) is 27.6 Å². The molecule has 3 aliphatic heterocycles. The van der Waals surface area contributed by atoms with Gasteiger partial charge in [0, 0.05) is 55.2 Å². The number of hydrogen-bond donors (Lipinski definition) is 1. The lowest BCUT2D eigenvalue weighted by molar-refractivity contribution is 0.0658. The molecule has 0 unspecified atom stereocenters. The number of aromatic amines is 1. The van der Waals surface area contributed by atoms with Crippen LogP contribution in [0.5, 0.6) is 0 Å². The van der Waals surface area contributed by atoms with E-state index in [1.807, 2.05) is 34.6 Å². The van der Waals surface area contributed by atoms with Crippen LogP contribution >= 0.6 is 0 Å². The molecule has 0 bridgehead atoms. The van der Waals surface area contributed by atoms with Crippen molar-refractivity contribution >= 4 is 32.6 Å². The zero-order valence-electron chi connectivity index (χ0n) is 36.3. The molecule has 0 radical (unpaired) electrons. The minimum absolute atomic E-state index is 0.0283. The van der Waals surface area contributed by atoms with Crippen LogP contribution < -0.4 is 16.2 Å². The number of ether oxygens (including phenoxy) is 1. The molecule has 64 heavy (non-hydrogen) atoms. The summed E-state index contributed by atoms with van der Waals surface area (Å²) in [5.41, 5.74) is 4.71. The highest BCUT2D eigenvalue weighted by Gasteiger charge is 2.59. The van der Waals surface area contributed by atoms with Crippen LogP contribution in [0.1, 0.15) is 114 Å². The summed E-state index contributed by atoms with van der Waals surface area (Å²) >= 11 is 0. The van der Waals surface area contributed by atoms with Gasteiger partial charge in [-0.25, -0.2) is 27.2 Å². The number of amides is 1. The summed E-state index contributed by atoms with van der Waals surface area (Å²) in [4.78, 5) is 54.7. The standard InChI is InChI=1S/C48H50FN7O7S/c1-26-19-35(20-27(2)41(26)49)55-43(57)38-13-16-54(29(4)42(38)50-46(55)53-24-34(25-53)30-5-8-36(9-6-30)64(60,61)37-10-11-37)44(58)40-22-33-21-32(31-14-17-62-18-15-31)7-12-39(33)56(40)48(23-28(48)3)45-51-47(59)63-52-45/h5-9,12,19-22,28-29,31,34,37H,10-11,13-18,23-25H2,1-4H3,(H,51,52,59)/t28-,29-,48-/m0/s1. The van der Waals surface area contributed by atoms with Crippen molar-refractivity contribution in [2.45, 2.75) is 99.8 Å². The fourth-order valence-electron chi connectivity index (χ4n) is 10.7. The number of nitrogens with zero attached hydrogens (tertiary/aromatic N) is 6. The third kappa shape index (κ3) is 6.41. The Hall–Kier alpha value is -5.87. The van der Waals surface area contributed by atoms with E-state index in [-0.39, 0.29) is 47.3 Å². The summed E-state index contributed by atoms with van der Waals surface area (Å²) in [5.74, 6) is -0.0487. The zero-order chi connectivity index (χ0) is 44.4. The number of aromatic nitrogens is 5. The molecule has 3 atom stereocenters. The lowest BCUT2D eigenvalue weighted by Gasteiger charge is -2.42. The first-order valence-electron chi connectivity index (χ1n) is 22.4. The van der Waals surface area contributed by atoms with Gasteiger partial charge in [-0.3, -0.25) is 19.1 Å². The monoisotopic (exact) mass is 887 g/mol. The van der Waals surface area contributed by atoms with Gasteiger partial charge in [-0.05, 0) is 136 Å². The number of rotatable bonds is 9. The molecule has 5 aliphatic rings. The number of aryl methyl sites for hydroxylation is 2. The topological polar surface area (TPSA) is 166 Å². The molecule has 1 amide bonds. The number of nitrogens with one attached hydrogen (secondary N) is 1. The Bertz CT molecular complexity index is 3100. The van der Waals surface area contributed by atoms with Gasteiger partial charge < -0.3 is 19.1 Å². The molecular formula is C48H50FN7O7S. The Morgan fingerprint density at radius 2 is 1.59 bits per heavy atom. The molecule has 14 nitrogen and oxygen atoms in total. The molecule has 1 N–H and O–H groups in total. The van der Waals surface area contributed by atoms with E-state index < -0.39 is 27.2 Å². The second-order valence-electron chi connectivity index (χ2n) is 18.7. The van der Waals surface area contributed by atoms with Gasteiger partial charge in [-0.2, -0.15) is 0 Å². The van der Waals surface area contributed by atoms with Crippen LogP contribution in [0.2, 0.25) is 0 Å². The van der Waals surface area contributed by atoms with E-state index in [1.54, 1.807) is 47.6 Å². The summed E-state index contributed by atoms with van der Waals surface area (Å²) in [7, 11) is -3.32. The van der Waals surface area contributed by atoms with Crippen LogP contribution in [-0.2, 0) is 26.5 Å². The van der Waals surface area contributed by atoms with E-state index in [0.29, 0.717) is 102 Å². The van der Waals surface area contributed by atoms with Crippen molar-refractivity contribution in [1.82, 2.24) is 29.2 Å². The molecule has 16 heteroatoms. The number of halogens is 1. The third-order valence-corrected chi connectivity index (χ3v) is 16.9. The van der Waals surface area contributed by atoms with Crippen LogP contribution in [0.25, 0.3) is 16.6 Å². The largest absolute Gasteiger partial charge is 0.438 e. The third-order valence-electron chi connectivity index (χ3n) is 14.7. The van der Waals surface area contributed by atoms with Gasteiger partial charge in [0.2, 0.25) is 5.95 Å². The number of hydrogen-bond acceptors (Lipinski definition) is 10. The van der Waals surface area contributed by atoms with Crippen LogP contribution in [0.3, 0.4) is 0 Å². The van der Waals surface area contributed by atoms with Gasteiger partial charge in [-0.15, -0.1) is 0 Å². The van der Waals surface area contributed by atoms with E-state index in [9.17, 15) is 18.0 Å². The van der Waals surface area contributed by atoms with Crippen molar-refractivity contribution in [3.63, 3.8) is 0 Å². The first-order valence-corrected chi connectivity index (χ1v) is 23.9. The highest BCUT2D eigenvalue weighted by atomic mass is 32.2. The number of carbonyl (C=O) groups is 1. The minimum atomic E-state index is -3.32. The second kappa shape index (κ2) is 14.8. The van der Waals surface area contributed by atoms with Gasteiger partial charge in [0.15, 0.2) is 15.7 Å². The van der Waals surface area contributed by atoms with E-state index >= 15 is 9.18 Å². The Labute approximate surface area is 369 Å². The highest BCUT2D eigenvalue weighted by Crippen LogP contribution is 2.56. The first-order chi connectivity index (χ1) is 30.7. The van der Waals surface area contributed by atoms with Gasteiger partial charge in [0.1, 0.15) is 17.1 Å². The van der Waals surface area contributed by atoms with Gasteiger partial charge in [-0.1, -0.05) is 30.3 Å². The number of carbonyl (C=O) groups excluding carboxylic acids is 1. The normalized spacial score (nSPS) is 22.8. The van der Waals surface area contributed by atoms with Crippen molar-refractivity contribution in [2.75, 3.05) is 37.7 Å². The summed E-state index contributed by atoms with van der Waals surface area (Å²) in [6, 6.07) is 18.2. The van der Waals surface area contributed by atoms with E-state index in [0.717, 1.165) is 29.3 Å². The first kappa shape index (κ1) is 40.9. The Balaban J connectivity index is 0.973. The molecule has 0 spiro atoms. The summed E-state index contributed by atoms with van der Waals surface area (Å²) < 4.78 is 55.1. The van der Waals surface area contributed by atoms with Gasteiger partial charge in [0.25, 0.3) is 11.5 Å². The number of anilines is 1. The predicted molar refractivity (Wildman–Crippen MR) is 237 cm³/mol. The fraction of sp³-hybridized carbons (Fsp3) is 0.438. The predicted octanol–water partition coefficient (Wildman–Crippen LogP) is 6.60. The summed E-state index contributed by atoms with van der Waals surface area (Å²) in [6.45, 7) is 10.0. The molecule has 3 aromatic heterocycles. The van der Waals surface area contributed by atoms with Crippen LogP contribution in [0, 0.1) is 25.6 Å². The molecule has 332 valence electrons. The molecule has 3 aromatic carbocycles. The highest BCUT2D eigenvalue weighted by molar-refractivity contribution is 7.92. The maximum Gasteiger partial charge on any atom is 0.438 e. The van der Waals surface area contributed by atoms with Crippen LogP contribution in [0.4, 0.5) is 10.3 Å². The minimum Gasteiger partial charge on any atom is -0.381 e. The molecule has 6 heterocycles. The van der Waals surface area contributed by atoms with Crippen molar-refractivity contribution in [3.8, 4) is 5.69 Å². The Morgan fingerprint density at radius 3 is 2.23 bits per heavy atom. The fourth-order valence-corrected chi connectivity index (χ4v) is 12.3. The lowest BCUT2D eigenvalue weighted by Crippen LogP contribution is -2.50. The van der Waals surface area contributed by atoms with Crippen molar-refractivity contribution in [3.05, 3.63) is 132 Å². The maximum atomic E-state index is 15.3. The average molecular weight is 888 g/mol. The molecule has 11 rings (SSSR count). The van der Waals surface area contributed by atoms with Gasteiger partial charge >= 0.3 is 5.76 Å². The maximum absolute atomic E-state index is 15.3. The summed E-state index contributed by atoms with van der Waals surface area (Å²) in [5, 5.41) is 4.77. The molecule has 6 aromatic rings. The Kier molecular flexibility index (Phi) is 9.48. The van der Waals surface area contributed by atoms with Crippen LogP contribution in [0.15, 0.2) is 79.7 Å². The average Bonchev–Trinajstić information content (AvgIpc) is 4.16. The molecule has 2 saturated heterocycles. The van der Waals surface area contributed by atoms with Crippen molar-refractivity contribution < 1.29 is 26.9 Å². The van der Waals surface area contributed by atoms with Crippen molar-refractivity contribution in [2.24, 2.45) is 5.92 Å². The number of fused-ring (bicyclic) bond motifs is 2. The number of benzene rings is 3. The van der Waals surface area contributed by atoms with E-state index in [4.69, 9.17) is 14.2 Å². The SMILES string of the molecule is Cc1cc(-n2c(N3CC(c4ccc(S(=O)(=O)C5CC5)cc4)C3)nc3c(c2=O)CCN(C(=O)c2cc4cc(C5CCOCC5)ccc4n2[C@@]2(c4noc(=O)[nH]4)C[C@@H]2C)[C@H]3C)cc(C)c1F. The zero-order valence-corrected chi connectivity index (χ0v) is 37.1. The summed E-state index contributed by atoms with van der Waals surface area (Å²) in [6.07, 6.45) is 4.11. The Morgan fingerprint density at radius 1 is 0.906 bits per heavy atom. The van der Waals surface area contributed by atoms with Crippen LogP contribution in [-0.4, -0.2) is 81.6 Å². The second-order valence-corrected chi connectivity index (χ2v) is 20.9. The smallest absolute Gasteiger partial charge is 0.381 e. The quantitative estimate of drug-likeness (QED) is 0.167.